The van der Waals surface area contributed by atoms with Gasteiger partial charge in [0, 0.05) is 16.7 Å². The second-order valence-electron chi connectivity index (χ2n) is 4.41. The lowest BCUT2D eigenvalue weighted by Gasteiger charge is -2.09. The van der Waals surface area contributed by atoms with E-state index in [9.17, 15) is 9.59 Å². The van der Waals surface area contributed by atoms with Gasteiger partial charge in [-0.05, 0) is 41.1 Å². The molecule has 114 valence electrons. The number of anilines is 1. The number of aryl methyl sites for hydroxylation is 1. The Kier molecular flexibility index (Phi) is 4.99. The van der Waals surface area contributed by atoms with Gasteiger partial charge in [0.25, 0.3) is 0 Å². The summed E-state index contributed by atoms with van der Waals surface area (Å²) in [6.07, 6.45) is 1.47. The molecule has 2 rings (SSSR count). The average molecular weight is 365 g/mol. The molecule has 2 N–H and O–H groups in total. The van der Waals surface area contributed by atoms with Crippen molar-refractivity contribution in [1.29, 1.82) is 0 Å². The molecule has 0 fully saturated rings. The van der Waals surface area contributed by atoms with Gasteiger partial charge in [-0.15, -0.1) is 5.10 Å². The van der Waals surface area contributed by atoms with E-state index < -0.39 is 11.8 Å². The number of nitrogens with one attached hydrogen (secondary N) is 2. The van der Waals surface area contributed by atoms with Crippen molar-refractivity contribution in [1.82, 2.24) is 25.5 Å². The maximum atomic E-state index is 11.7. The molecular weight excluding hydrogens is 352 g/mol. The maximum Gasteiger partial charge on any atom is 0.313 e. The zero-order valence-corrected chi connectivity index (χ0v) is 13.3. The standard InChI is InChI=1S/C13H13BrN6O2/c1-8-5-10(3-4-11(8)20-7-16-18-19-20)17-13(22)12(21)15-6-9(2)14/h3-5,7H,2,6H2,1H3,(H,15,21)(H,17,22). The van der Waals surface area contributed by atoms with Gasteiger partial charge in [0.05, 0.1) is 5.69 Å². The predicted molar refractivity (Wildman–Crippen MR) is 83.6 cm³/mol. The van der Waals surface area contributed by atoms with Crippen LogP contribution < -0.4 is 10.6 Å². The van der Waals surface area contributed by atoms with Crippen LogP contribution in [0.1, 0.15) is 5.56 Å². The minimum Gasteiger partial charge on any atom is -0.343 e. The third-order valence-electron chi connectivity index (χ3n) is 2.70. The summed E-state index contributed by atoms with van der Waals surface area (Å²) in [4.78, 5) is 23.3. The average Bonchev–Trinajstić information content (AvgIpc) is 2.98. The fourth-order valence-electron chi connectivity index (χ4n) is 1.71. The van der Waals surface area contributed by atoms with Crippen molar-refractivity contribution in [2.75, 3.05) is 11.9 Å². The fraction of sp³-hybridized carbons (Fsp3) is 0.154. The number of tetrazole rings is 1. The van der Waals surface area contributed by atoms with E-state index in [1.807, 2.05) is 6.92 Å². The SMILES string of the molecule is C=C(Br)CNC(=O)C(=O)Nc1ccc(-n2cnnn2)c(C)c1. The smallest absolute Gasteiger partial charge is 0.313 e. The largest absolute Gasteiger partial charge is 0.343 e. The topological polar surface area (TPSA) is 102 Å². The van der Waals surface area contributed by atoms with Gasteiger partial charge in [0.1, 0.15) is 6.33 Å². The molecule has 22 heavy (non-hydrogen) atoms. The summed E-state index contributed by atoms with van der Waals surface area (Å²) in [6.45, 7) is 5.60. The zero-order chi connectivity index (χ0) is 16.1. The first kappa shape index (κ1) is 15.8. The minimum absolute atomic E-state index is 0.184. The van der Waals surface area contributed by atoms with Crippen molar-refractivity contribution in [2.24, 2.45) is 0 Å². The Bertz CT molecular complexity index is 713. The zero-order valence-electron chi connectivity index (χ0n) is 11.7. The van der Waals surface area contributed by atoms with E-state index in [0.29, 0.717) is 10.2 Å². The number of rotatable bonds is 4. The van der Waals surface area contributed by atoms with Gasteiger partial charge in [0.15, 0.2) is 0 Å². The van der Waals surface area contributed by atoms with Crippen molar-refractivity contribution in [2.45, 2.75) is 6.92 Å². The molecule has 0 aliphatic heterocycles. The Morgan fingerprint density at radius 2 is 2.14 bits per heavy atom. The van der Waals surface area contributed by atoms with Gasteiger partial charge in [-0.25, -0.2) is 4.68 Å². The Labute approximate surface area is 134 Å². The lowest BCUT2D eigenvalue weighted by molar-refractivity contribution is -0.136. The Balaban J connectivity index is 2.05. The van der Waals surface area contributed by atoms with Crippen LogP contribution in [-0.2, 0) is 9.59 Å². The van der Waals surface area contributed by atoms with E-state index in [-0.39, 0.29) is 6.54 Å². The number of carbonyl (C=O) groups excluding carboxylic acids is 2. The summed E-state index contributed by atoms with van der Waals surface area (Å²) < 4.78 is 2.09. The van der Waals surface area contributed by atoms with Gasteiger partial charge in [-0.3, -0.25) is 9.59 Å². The van der Waals surface area contributed by atoms with Gasteiger partial charge in [0.2, 0.25) is 0 Å². The van der Waals surface area contributed by atoms with Gasteiger partial charge in [-0.2, -0.15) is 0 Å². The first-order valence-corrected chi connectivity index (χ1v) is 7.03. The molecule has 2 aromatic rings. The third kappa shape index (κ3) is 3.98. The molecule has 1 aromatic heterocycles. The highest BCUT2D eigenvalue weighted by atomic mass is 79.9. The molecule has 0 atom stereocenters. The summed E-state index contributed by atoms with van der Waals surface area (Å²) in [5.74, 6) is -1.48. The fourth-order valence-corrected chi connectivity index (χ4v) is 1.85. The van der Waals surface area contributed by atoms with E-state index in [1.54, 1.807) is 18.2 Å². The summed E-state index contributed by atoms with van der Waals surface area (Å²) in [7, 11) is 0. The van der Waals surface area contributed by atoms with Crippen LogP contribution in [0.25, 0.3) is 5.69 Å². The van der Waals surface area contributed by atoms with Crippen LogP contribution in [0.4, 0.5) is 5.69 Å². The first-order chi connectivity index (χ1) is 10.5. The van der Waals surface area contributed by atoms with Gasteiger partial charge < -0.3 is 10.6 Å². The third-order valence-corrected chi connectivity index (χ3v) is 2.98. The number of benzene rings is 1. The molecular formula is C13H13BrN6O2. The molecule has 0 saturated heterocycles. The van der Waals surface area contributed by atoms with Crippen molar-refractivity contribution >= 4 is 33.4 Å². The second-order valence-corrected chi connectivity index (χ2v) is 5.53. The molecule has 0 unspecified atom stereocenters. The quantitative estimate of drug-likeness (QED) is 0.785. The molecule has 2 amide bonds. The van der Waals surface area contributed by atoms with Crippen LogP contribution in [0.2, 0.25) is 0 Å². The summed E-state index contributed by atoms with van der Waals surface area (Å²) in [5, 5.41) is 15.9. The van der Waals surface area contributed by atoms with Crippen molar-refractivity contribution < 1.29 is 9.59 Å². The van der Waals surface area contributed by atoms with Gasteiger partial charge in [-0.1, -0.05) is 22.5 Å². The molecule has 8 nitrogen and oxygen atoms in total. The summed E-state index contributed by atoms with van der Waals surface area (Å²) in [6, 6.07) is 5.14. The van der Waals surface area contributed by atoms with Crippen LogP contribution in [0.5, 0.6) is 0 Å². The maximum absolute atomic E-state index is 11.7. The molecule has 0 aliphatic rings. The lowest BCUT2D eigenvalue weighted by atomic mass is 10.2. The molecule has 0 saturated carbocycles. The Morgan fingerprint density at radius 3 is 2.73 bits per heavy atom. The van der Waals surface area contributed by atoms with E-state index in [2.05, 4.69) is 48.7 Å². The van der Waals surface area contributed by atoms with Crippen LogP contribution in [0.3, 0.4) is 0 Å². The first-order valence-electron chi connectivity index (χ1n) is 6.24. The highest BCUT2D eigenvalue weighted by molar-refractivity contribution is 9.11. The number of halogens is 1. The predicted octanol–water partition coefficient (Wildman–Crippen LogP) is 0.934. The highest BCUT2D eigenvalue weighted by Gasteiger charge is 2.14. The minimum atomic E-state index is -0.747. The molecule has 9 heteroatoms. The highest BCUT2D eigenvalue weighted by Crippen LogP contribution is 2.17. The van der Waals surface area contributed by atoms with Crippen LogP contribution >= 0.6 is 15.9 Å². The number of aromatic nitrogens is 4. The Hall–Kier alpha value is -2.55. The monoisotopic (exact) mass is 364 g/mol. The number of amides is 2. The Morgan fingerprint density at radius 1 is 1.36 bits per heavy atom. The number of nitrogens with zero attached hydrogens (tertiary/aromatic N) is 4. The summed E-state index contributed by atoms with van der Waals surface area (Å²) >= 11 is 3.10. The lowest BCUT2D eigenvalue weighted by Crippen LogP contribution is -2.35. The molecule has 1 aromatic carbocycles. The number of hydrogen-bond donors (Lipinski definition) is 2. The van der Waals surface area contributed by atoms with Crippen LogP contribution in [0, 0.1) is 6.92 Å². The molecule has 0 radical (unpaired) electrons. The number of carbonyl (C=O) groups is 2. The summed E-state index contributed by atoms with van der Waals surface area (Å²) in [5.41, 5.74) is 2.13. The van der Waals surface area contributed by atoms with E-state index in [4.69, 9.17) is 0 Å². The van der Waals surface area contributed by atoms with E-state index in [1.165, 1.54) is 11.0 Å². The van der Waals surface area contributed by atoms with Crippen molar-refractivity contribution in [3.63, 3.8) is 0 Å². The van der Waals surface area contributed by atoms with Crippen LogP contribution in [-0.4, -0.2) is 38.6 Å². The molecule has 1 heterocycles. The van der Waals surface area contributed by atoms with Crippen molar-refractivity contribution in [3.05, 3.63) is 41.2 Å². The normalized spacial score (nSPS) is 10.1. The van der Waals surface area contributed by atoms with E-state index >= 15 is 0 Å². The van der Waals surface area contributed by atoms with Crippen molar-refractivity contribution in [3.8, 4) is 5.69 Å². The second kappa shape index (κ2) is 6.94. The van der Waals surface area contributed by atoms with Crippen LogP contribution in [0.15, 0.2) is 35.6 Å². The molecule has 0 aliphatic carbocycles. The van der Waals surface area contributed by atoms with E-state index in [0.717, 1.165) is 11.3 Å². The molecule has 0 bridgehead atoms. The number of hydrogen-bond acceptors (Lipinski definition) is 5. The molecule has 0 spiro atoms. The van der Waals surface area contributed by atoms with Gasteiger partial charge >= 0.3 is 11.8 Å².